The Balaban J connectivity index is 1.94. The van der Waals surface area contributed by atoms with Crippen LogP contribution in [-0.4, -0.2) is 57.8 Å². The number of nitrogens with zero attached hydrogens (tertiary/aromatic N) is 1. The number of carbonyl (C=O) groups is 2. The molecule has 1 fully saturated rings. The molecule has 0 spiro atoms. The number of benzene rings is 2. The van der Waals surface area contributed by atoms with Gasteiger partial charge in [0, 0.05) is 24.2 Å². The third-order valence-electron chi connectivity index (χ3n) is 4.57. The van der Waals surface area contributed by atoms with Crippen molar-refractivity contribution in [3.05, 3.63) is 53.6 Å². The van der Waals surface area contributed by atoms with Crippen LogP contribution in [0, 0.1) is 0 Å². The molecule has 1 aliphatic rings. The Morgan fingerprint density at radius 1 is 1.10 bits per heavy atom. The van der Waals surface area contributed by atoms with Crippen molar-refractivity contribution in [2.75, 3.05) is 38.7 Å². The number of carbonyl (C=O) groups excluding carboxylic acids is 2. The van der Waals surface area contributed by atoms with Gasteiger partial charge in [0.15, 0.2) is 5.78 Å². The van der Waals surface area contributed by atoms with E-state index in [0.29, 0.717) is 24.5 Å². The van der Waals surface area contributed by atoms with E-state index in [0.717, 1.165) is 0 Å². The van der Waals surface area contributed by atoms with E-state index in [4.69, 9.17) is 9.47 Å². The summed E-state index contributed by atoms with van der Waals surface area (Å²) in [6.45, 7) is 2.49. The molecule has 0 aliphatic carbocycles. The SMILES string of the molecule is COc1ccc(C(=O)Nc2ccccc2C(C)=O)cc1S(=O)(=O)N1CCOCC1. The molecule has 0 unspecified atom stereocenters. The van der Waals surface area contributed by atoms with Crippen LogP contribution in [0.15, 0.2) is 47.4 Å². The highest BCUT2D eigenvalue weighted by molar-refractivity contribution is 7.89. The molecule has 1 N–H and O–H groups in total. The van der Waals surface area contributed by atoms with Crippen molar-refractivity contribution in [2.45, 2.75) is 11.8 Å². The van der Waals surface area contributed by atoms with Gasteiger partial charge >= 0.3 is 0 Å². The third kappa shape index (κ3) is 4.47. The van der Waals surface area contributed by atoms with Crippen LogP contribution < -0.4 is 10.1 Å². The monoisotopic (exact) mass is 418 g/mol. The van der Waals surface area contributed by atoms with Crippen LogP contribution in [0.3, 0.4) is 0 Å². The summed E-state index contributed by atoms with van der Waals surface area (Å²) in [6.07, 6.45) is 0. The van der Waals surface area contributed by atoms with E-state index in [1.807, 2.05) is 0 Å². The van der Waals surface area contributed by atoms with E-state index >= 15 is 0 Å². The van der Waals surface area contributed by atoms with Gasteiger partial charge in [0.05, 0.1) is 26.0 Å². The summed E-state index contributed by atoms with van der Waals surface area (Å²) >= 11 is 0. The van der Waals surface area contributed by atoms with E-state index in [1.54, 1.807) is 24.3 Å². The Morgan fingerprint density at radius 3 is 2.45 bits per heavy atom. The second kappa shape index (κ2) is 8.73. The van der Waals surface area contributed by atoms with Gasteiger partial charge in [-0.2, -0.15) is 4.31 Å². The molecule has 2 aromatic carbocycles. The molecule has 3 rings (SSSR count). The summed E-state index contributed by atoms with van der Waals surface area (Å²) in [5.74, 6) is -0.567. The third-order valence-corrected chi connectivity index (χ3v) is 6.49. The molecule has 29 heavy (non-hydrogen) atoms. The highest BCUT2D eigenvalue weighted by Gasteiger charge is 2.30. The highest BCUT2D eigenvalue weighted by atomic mass is 32.2. The van der Waals surface area contributed by atoms with Crippen LogP contribution in [0.1, 0.15) is 27.6 Å². The largest absolute Gasteiger partial charge is 0.495 e. The number of anilines is 1. The Hall–Kier alpha value is -2.75. The maximum Gasteiger partial charge on any atom is 0.255 e. The van der Waals surface area contributed by atoms with Crippen molar-refractivity contribution in [2.24, 2.45) is 0 Å². The topological polar surface area (TPSA) is 102 Å². The van der Waals surface area contributed by atoms with Crippen LogP contribution in [-0.2, 0) is 14.8 Å². The number of methoxy groups -OCH3 is 1. The molecular formula is C20H22N2O6S. The number of Topliss-reactive ketones (excluding diaryl/α,β-unsaturated/α-hetero) is 1. The summed E-state index contributed by atoms with van der Waals surface area (Å²) in [5.41, 5.74) is 0.866. The number of hydrogen-bond donors (Lipinski definition) is 1. The van der Waals surface area contributed by atoms with Crippen molar-refractivity contribution >= 4 is 27.4 Å². The zero-order valence-corrected chi connectivity index (χ0v) is 17.0. The minimum atomic E-state index is -3.86. The second-order valence-electron chi connectivity index (χ2n) is 6.44. The number of ether oxygens (including phenoxy) is 2. The van der Waals surface area contributed by atoms with E-state index in [1.165, 1.54) is 36.5 Å². The van der Waals surface area contributed by atoms with Crippen LogP contribution in [0.5, 0.6) is 5.75 Å². The Bertz CT molecular complexity index is 1030. The minimum absolute atomic E-state index is 0.0885. The zero-order chi connectivity index (χ0) is 21.0. The second-order valence-corrected chi connectivity index (χ2v) is 8.34. The van der Waals surface area contributed by atoms with Gasteiger partial charge in [0.25, 0.3) is 5.91 Å². The van der Waals surface area contributed by atoms with Crippen LogP contribution in [0.25, 0.3) is 0 Å². The standard InChI is InChI=1S/C20H22N2O6S/c1-14(23)16-5-3-4-6-17(16)21-20(24)15-7-8-18(27-2)19(13-15)29(25,26)22-9-11-28-12-10-22/h3-8,13H,9-12H2,1-2H3,(H,21,24). The molecule has 2 aromatic rings. The lowest BCUT2D eigenvalue weighted by Gasteiger charge is -2.26. The zero-order valence-electron chi connectivity index (χ0n) is 16.2. The fourth-order valence-corrected chi connectivity index (χ4v) is 4.63. The molecule has 0 aromatic heterocycles. The summed E-state index contributed by atoms with van der Waals surface area (Å²) in [6, 6.07) is 10.8. The Kier molecular flexibility index (Phi) is 6.31. The van der Waals surface area contributed by atoms with Gasteiger partial charge < -0.3 is 14.8 Å². The maximum absolute atomic E-state index is 13.1. The van der Waals surface area contributed by atoms with Gasteiger partial charge in [0.2, 0.25) is 10.0 Å². The normalized spacial score (nSPS) is 15.0. The first-order chi connectivity index (χ1) is 13.8. The number of amides is 1. The van der Waals surface area contributed by atoms with Crippen LogP contribution in [0.4, 0.5) is 5.69 Å². The first kappa shape index (κ1) is 21.0. The number of sulfonamides is 1. The molecule has 0 saturated carbocycles. The fraction of sp³-hybridized carbons (Fsp3) is 0.300. The molecule has 0 bridgehead atoms. The van der Waals surface area contributed by atoms with Gasteiger partial charge in [-0.05, 0) is 37.3 Å². The molecule has 1 saturated heterocycles. The number of hydrogen-bond acceptors (Lipinski definition) is 6. The predicted molar refractivity (Wildman–Crippen MR) is 107 cm³/mol. The Labute approximate surface area is 169 Å². The quantitative estimate of drug-likeness (QED) is 0.722. The molecule has 9 heteroatoms. The average molecular weight is 418 g/mol. The van der Waals surface area contributed by atoms with Gasteiger partial charge in [-0.15, -0.1) is 0 Å². The van der Waals surface area contributed by atoms with Crippen molar-refractivity contribution in [1.29, 1.82) is 0 Å². The lowest BCUT2D eigenvalue weighted by Crippen LogP contribution is -2.40. The number of ketones is 1. The van der Waals surface area contributed by atoms with Crippen LogP contribution in [0.2, 0.25) is 0 Å². The van der Waals surface area contributed by atoms with E-state index in [9.17, 15) is 18.0 Å². The molecule has 0 atom stereocenters. The van der Waals surface area contributed by atoms with Crippen molar-refractivity contribution in [3.8, 4) is 5.75 Å². The van der Waals surface area contributed by atoms with E-state index in [-0.39, 0.29) is 35.1 Å². The van der Waals surface area contributed by atoms with Crippen molar-refractivity contribution < 1.29 is 27.5 Å². The van der Waals surface area contributed by atoms with Gasteiger partial charge in [0.1, 0.15) is 10.6 Å². The molecule has 1 amide bonds. The molecular weight excluding hydrogens is 396 g/mol. The predicted octanol–water partition coefficient (Wildman–Crippen LogP) is 2.17. The first-order valence-electron chi connectivity index (χ1n) is 9.02. The maximum atomic E-state index is 13.1. The van der Waals surface area contributed by atoms with Crippen molar-refractivity contribution in [3.63, 3.8) is 0 Å². The van der Waals surface area contributed by atoms with E-state index in [2.05, 4.69) is 5.32 Å². The molecule has 154 valence electrons. The van der Waals surface area contributed by atoms with Gasteiger partial charge in [-0.1, -0.05) is 12.1 Å². The number of para-hydroxylation sites is 1. The van der Waals surface area contributed by atoms with Crippen molar-refractivity contribution in [1.82, 2.24) is 4.31 Å². The number of rotatable bonds is 6. The molecule has 0 radical (unpaired) electrons. The smallest absolute Gasteiger partial charge is 0.255 e. The van der Waals surface area contributed by atoms with Gasteiger partial charge in [-0.25, -0.2) is 8.42 Å². The number of morpholine rings is 1. The van der Waals surface area contributed by atoms with Gasteiger partial charge in [-0.3, -0.25) is 9.59 Å². The Morgan fingerprint density at radius 2 is 1.79 bits per heavy atom. The summed E-state index contributed by atoms with van der Waals surface area (Å²) < 4.78 is 37.9. The molecule has 8 nitrogen and oxygen atoms in total. The number of nitrogens with one attached hydrogen (secondary N) is 1. The summed E-state index contributed by atoms with van der Waals surface area (Å²) in [7, 11) is -2.49. The van der Waals surface area contributed by atoms with E-state index < -0.39 is 15.9 Å². The lowest BCUT2D eigenvalue weighted by molar-refractivity contribution is 0.0729. The summed E-state index contributed by atoms with van der Waals surface area (Å²) in [5, 5.41) is 2.67. The molecule has 1 aliphatic heterocycles. The fourth-order valence-electron chi connectivity index (χ4n) is 3.04. The first-order valence-corrected chi connectivity index (χ1v) is 10.5. The molecule has 1 heterocycles. The highest BCUT2D eigenvalue weighted by Crippen LogP contribution is 2.29. The lowest BCUT2D eigenvalue weighted by atomic mass is 10.1. The minimum Gasteiger partial charge on any atom is -0.495 e. The summed E-state index contributed by atoms with van der Waals surface area (Å²) in [4.78, 5) is 24.4. The average Bonchev–Trinajstić information content (AvgIpc) is 2.74. The van der Waals surface area contributed by atoms with Crippen LogP contribution >= 0.6 is 0 Å².